The van der Waals surface area contributed by atoms with Crippen molar-refractivity contribution in [1.29, 1.82) is 0 Å². The van der Waals surface area contributed by atoms with Crippen molar-refractivity contribution < 1.29 is 4.79 Å². The van der Waals surface area contributed by atoms with E-state index in [1.807, 2.05) is 78.2 Å². The van der Waals surface area contributed by atoms with Gasteiger partial charge in [0.25, 0.3) is 0 Å². The van der Waals surface area contributed by atoms with E-state index in [0.717, 1.165) is 44.0 Å². The van der Waals surface area contributed by atoms with Crippen molar-refractivity contribution >= 4 is 56.2 Å². The summed E-state index contributed by atoms with van der Waals surface area (Å²) in [5.74, 6) is 0.690. The molecule has 0 fully saturated rings. The first-order valence-electron chi connectivity index (χ1n) is 10.8. The number of fused-ring (bicyclic) bond motifs is 4. The van der Waals surface area contributed by atoms with Crippen LogP contribution < -0.4 is 0 Å². The molecule has 0 atom stereocenters. The first-order chi connectivity index (χ1) is 16.8. The van der Waals surface area contributed by atoms with Crippen LogP contribution >= 0.6 is 22.7 Å². The number of para-hydroxylation sites is 4. The largest absolute Gasteiger partial charge is 0.338 e. The second-order valence-corrected chi connectivity index (χ2v) is 9.86. The molecule has 5 heterocycles. The van der Waals surface area contributed by atoms with Gasteiger partial charge < -0.3 is 4.98 Å². The van der Waals surface area contributed by atoms with Gasteiger partial charge in [-0.3, -0.25) is 9.20 Å². The van der Waals surface area contributed by atoms with Gasteiger partial charge in [-0.2, -0.15) is 0 Å². The van der Waals surface area contributed by atoms with Crippen molar-refractivity contribution in [2.75, 3.05) is 0 Å². The highest BCUT2D eigenvalue weighted by molar-refractivity contribution is 7.13. The normalized spacial score (nSPS) is 11.6. The number of hydrogen-bond acceptors (Lipinski definition) is 5. The number of imidazole rings is 2. The van der Waals surface area contributed by atoms with Gasteiger partial charge in [0.1, 0.15) is 11.5 Å². The van der Waals surface area contributed by atoms with E-state index in [1.165, 1.54) is 11.3 Å². The van der Waals surface area contributed by atoms with Gasteiger partial charge in [-0.1, -0.05) is 36.4 Å². The average molecular weight is 477 g/mol. The third kappa shape index (κ3) is 2.88. The number of nitrogens with zero attached hydrogens (tertiary/aromatic N) is 3. The molecule has 7 heteroatoms. The van der Waals surface area contributed by atoms with Crippen LogP contribution in [0.1, 0.15) is 15.2 Å². The van der Waals surface area contributed by atoms with Gasteiger partial charge in [0.2, 0.25) is 5.78 Å². The van der Waals surface area contributed by atoms with Crippen molar-refractivity contribution in [3.05, 3.63) is 100 Å². The van der Waals surface area contributed by atoms with E-state index in [1.54, 1.807) is 11.3 Å². The predicted octanol–water partition coefficient (Wildman–Crippen LogP) is 7.05. The quantitative estimate of drug-likeness (QED) is 0.277. The number of carbonyl (C=O) groups excluding carboxylic acids is 1. The molecule has 0 bridgehead atoms. The average Bonchev–Trinajstić information content (AvgIpc) is 3.68. The molecular weight excluding hydrogens is 460 g/mol. The van der Waals surface area contributed by atoms with Crippen LogP contribution in [0.15, 0.2) is 89.6 Å². The Hall–Kier alpha value is -4.07. The van der Waals surface area contributed by atoms with Crippen LogP contribution in [0.25, 0.3) is 49.7 Å². The summed E-state index contributed by atoms with van der Waals surface area (Å²) in [5.41, 5.74) is 6.71. The zero-order valence-electron chi connectivity index (χ0n) is 17.7. The highest BCUT2D eigenvalue weighted by Gasteiger charge is 2.25. The molecule has 0 saturated carbocycles. The number of thiophene rings is 2. The van der Waals surface area contributed by atoms with Gasteiger partial charge in [-0.05, 0) is 53.2 Å². The fourth-order valence-corrected chi connectivity index (χ4v) is 5.91. The topological polar surface area (TPSA) is 63.0 Å². The first-order valence-corrected chi connectivity index (χ1v) is 12.6. The highest BCUT2D eigenvalue weighted by Crippen LogP contribution is 2.39. The lowest BCUT2D eigenvalue weighted by Crippen LogP contribution is -2.06. The van der Waals surface area contributed by atoms with Crippen LogP contribution in [-0.4, -0.2) is 25.1 Å². The van der Waals surface area contributed by atoms with Crippen molar-refractivity contribution in [3.63, 3.8) is 0 Å². The molecular formula is C27H16N4OS2. The van der Waals surface area contributed by atoms with Crippen LogP contribution in [0.4, 0.5) is 0 Å². The molecule has 0 radical (unpaired) electrons. The van der Waals surface area contributed by atoms with Crippen molar-refractivity contribution in [3.8, 4) is 22.0 Å². The molecule has 7 rings (SSSR count). The number of aromatic amines is 1. The Kier molecular flexibility index (Phi) is 4.27. The molecule has 0 saturated heterocycles. The number of hydrogen-bond donors (Lipinski definition) is 1. The number of rotatable bonds is 4. The van der Waals surface area contributed by atoms with Gasteiger partial charge in [0, 0.05) is 5.56 Å². The molecule has 162 valence electrons. The Bertz CT molecular complexity index is 1790. The van der Waals surface area contributed by atoms with E-state index in [2.05, 4.69) is 20.8 Å². The molecule has 34 heavy (non-hydrogen) atoms. The predicted molar refractivity (Wildman–Crippen MR) is 139 cm³/mol. The summed E-state index contributed by atoms with van der Waals surface area (Å²) in [6.07, 6.45) is 0. The summed E-state index contributed by atoms with van der Waals surface area (Å²) >= 11 is 3.10. The van der Waals surface area contributed by atoms with E-state index in [4.69, 9.17) is 9.97 Å². The smallest absolute Gasteiger partial charge is 0.206 e. The Balaban J connectivity index is 1.65. The van der Waals surface area contributed by atoms with Crippen LogP contribution in [0.2, 0.25) is 0 Å². The highest BCUT2D eigenvalue weighted by atomic mass is 32.1. The molecule has 0 amide bonds. The third-order valence-corrected chi connectivity index (χ3v) is 7.70. The molecule has 0 aliphatic heterocycles. The summed E-state index contributed by atoms with van der Waals surface area (Å²) < 4.78 is 2.12. The van der Waals surface area contributed by atoms with Crippen molar-refractivity contribution in [2.45, 2.75) is 0 Å². The lowest BCUT2D eigenvalue weighted by molar-refractivity contribution is 0.104. The summed E-state index contributed by atoms with van der Waals surface area (Å²) in [7, 11) is 0. The van der Waals surface area contributed by atoms with Gasteiger partial charge in [-0.25, -0.2) is 9.97 Å². The zero-order valence-corrected chi connectivity index (χ0v) is 19.4. The fraction of sp³-hybridized carbons (Fsp3) is 0. The van der Waals surface area contributed by atoms with Crippen LogP contribution in [-0.2, 0) is 0 Å². The van der Waals surface area contributed by atoms with E-state index < -0.39 is 0 Å². The van der Waals surface area contributed by atoms with Crippen LogP contribution in [0.5, 0.6) is 0 Å². The van der Waals surface area contributed by atoms with E-state index in [0.29, 0.717) is 16.1 Å². The molecule has 5 nitrogen and oxygen atoms in total. The summed E-state index contributed by atoms with van der Waals surface area (Å²) in [5, 5.41) is 3.99. The van der Waals surface area contributed by atoms with Crippen LogP contribution in [0.3, 0.4) is 0 Å². The maximum Gasteiger partial charge on any atom is 0.206 e. The van der Waals surface area contributed by atoms with Crippen LogP contribution in [0, 0.1) is 0 Å². The number of H-pyrrole nitrogens is 1. The molecule has 1 N–H and O–H groups in total. The maximum absolute atomic E-state index is 13.7. The van der Waals surface area contributed by atoms with Crippen molar-refractivity contribution in [2.24, 2.45) is 0 Å². The third-order valence-electron chi connectivity index (χ3n) is 5.96. The summed E-state index contributed by atoms with van der Waals surface area (Å²) in [4.78, 5) is 28.7. The number of nitrogens with one attached hydrogen (secondary N) is 1. The monoisotopic (exact) mass is 476 g/mol. The van der Waals surface area contributed by atoms with Gasteiger partial charge in [-0.15, -0.1) is 22.7 Å². The summed E-state index contributed by atoms with van der Waals surface area (Å²) in [6, 6.07) is 25.8. The van der Waals surface area contributed by atoms with E-state index >= 15 is 0 Å². The molecule has 5 aromatic heterocycles. The number of carbonyl (C=O) groups is 1. The number of pyridine rings is 1. The minimum absolute atomic E-state index is 0.0367. The number of benzene rings is 2. The minimum Gasteiger partial charge on any atom is -0.338 e. The van der Waals surface area contributed by atoms with Gasteiger partial charge in [0.05, 0.1) is 43.1 Å². The van der Waals surface area contributed by atoms with E-state index in [-0.39, 0.29) is 5.78 Å². The van der Waals surface area contributed by atoms with E-state index in [9.17, 15) is 4.79 Å². The molecule has 0 aliphatic rings. The summed E-state index contributed by atoms with van der Waals surface area (Å²) in [6.45, 7) is 0. The Morgan fingerprint density at radius 2 is 1.62 bits per heavy atom. The number of aromatic nitrogens is 4. The molecule has 7 aromatic rings. The standard InChI is InChI=1S/C27H16N4OS2/c32-25(23-12-6-14-34-23)17-15-16(26-28-18-7-1-2-8-19(18)29-26)24(22-11-5-13-33-22)31-21-10-4-3-9-20(21)30-27(17)31/h1-15H,(H,28,29). The van der Waals surface area contributed by atoms with Crippen molar-refractivity contribution in [1.82, 2.24) is 19.4 Å². The second kappa shape index (κ2) is 7.48. The lowest BCUT2D eigenvalue weighted by Gasteiger charge is -2.13. The molecule has 0 unspecified atom stereocenters. The molecule has 0 aliphatic carbocycles. The second-order valence-electron chi connectivity index (χ2n) is 7.97. The molecule has 2 aromatic carbocycles. The van der Waals surface area contributed by atoms with Gasteiger partial charge >= 0.3 is 0 Å². The zero-order chi connectivity index (χ0) is 22.6. The lowest BCUT2D eigenvalue weighted by atomic mass is 10.0. The number of ketones is 1. The minimum atomic E-state index is -0.0367. The maximum atomic E-state index is 13.7. The first kappa shape index (κ1) is 19.4. The Labute approximate surface area is 202 Å². The fourth-order valence-electron chi connectivity index (χ4n) is 4.46. The Morgan fingerprint density at radius 3 is 2.41 bits per heavy atom. The van der Waals surface area contributed by atoms with Gasteiger partial charge in [0.15, 0.2) is 0 Å². The SMILES string of the molecule is O=C(c1cccs1)c1cc(-c2nc3ccccc3[nH]2)c(-c2cccs2)n2c1nc1ccccc12. The Morgan fingerprint density at radius 1 is 0.824 bits per heavy atom. The molecule has 0 spiro atoms.